The van der Waals surface area contributed by atoms with Crippen molar-refractivity contribution < 1.29 is 9.57 Å². The Labute approximate surface area is 90.7 Å². The van der Waals surface area contributed by atoms with Crippen molar-refractivity contribution in [3.8, 4) is 5.75 Å². The van der Waals surface area contributed by atoms with Crippen molar-refractivity contribution in [2.24, 2.45) is 5.16 Å². The average Bonchev–Trinajstić information content (AvgIpc) is 2.30. The van der Waals surface area contributed by atoms with Gasteiger partial charge in [-0.1, -0.05) is 24.2 Å². The lowest BCUT2D eigenvalue weighted by molar-refractivity contribution is 0.158. The van der Waals surface area contributed by atoms with Crippen molar-refractivity contribution in [3.05, 3.63) is 29.8 Å². The third-order valence-electron chi connectivity index (χ3n) is 2.04. The summed E-state index contributed by atoms with van der Waals surface area (Å²) in [6.07, 6.45) is 0.840. The van der Waals surface area contributed by atoms with Gasteiger partial charge in [0.2, 0.25) is 0 Å². The second-order valence-corrected chi connectivity index (χ2v) is 3.04. The summed E-state index contributed by atoms with van der Waals surface area (Å²) in [5, 5.41) is 4.07. The van der Waals surface area contributed by atoms with Crippen LogP contribution in [0.5, 0.6) is 5.75 Å². The van der Waals surface area contributed by atoms with Gasteiger partial charge in [-0.05, 0) is 25.5 Å². The minimum Gasteiger partial charge on any atom is -0.497 e. The first-order valence-electron chi connectivity index (χ1n) is 5.15. The lowest BCUT2D eigenvalue weighted by atomic mass is 10.1. The lowest BCUT2D eigenvalue weighted by Gasteiger charge is -2.05. The molecular formula is C12H17NO2. The predicted octanol–water partition coefficient (Wildman–Crippen LogP) is 2.85. The molecule has 0 aliphatic heterocycles. The molecule has 0 unspecified atom stereocenters. The molecule has 0 saturated heterocycles. The zero-order valence-electron chi connectivity index (χ0n) is 9.49. The maximum atomic E-state index is 5.16. The van der Waals surface area contributed by atoms with Gasteiger partial charge in [0.25, 0.3) is 0 Å². The van der Waals surface area contributed by atoms with E-state index in [-0.39, 0.29) is 0 Å². The maximum Gasteiger partial charge on any atom is 0.119 e. The number of hydrogen-bond acceptors (Lipinski definition) is 3. The van der Waals surface area contributed by atoms with E-state index in [1.807, 2.05) is 31.2 Å². The Bertz CT molecular complexity index is 334. The van der Waals surface area contributed by atoms with Gasteiger partial charge in [0.1, 0.15) is 12.4 Å². The number of oxime groups is 1. The van der Waals surface area contributed by atoms with Crippen molar-refractivity contribution in [1.82, 2.24) is 0 Å². The van der Waals surface area contributed by atoms with Crippen molar-refractivity contribution in [1.29, 1.82) is 0 Å². The van der Waals surface area contributed by atoms with E-state index in [1.54, 1.807) is 7.11 Å². The molecule has 0 heterocycles. The van der Waals surface area contributed by atoms with Crippen LogP contribution < -0.4 is 4.74 Å². The van der Waals surface area contributed by atoms with E-state index in [4.69, 9.17) is 9.57 Å². The molecule has 0 aromatic heterocycles. The Balaban J connectivity index is 2.91. The highest BCUT2D eigenvalue weighted by Crippen LogP contribution is 2.14. The Hall–Kier alpha value is -1.51. The van der Waals surface area contributed by atoms with Gasteiger partial charge in [-0.15, -0.1) is 0 Å². The monoisotopic (exact) mass is 207 g/mol. The maximum absolute atomic E-state index is 5.16. The SMILES string of the molecule is CCO/N=C(/CC)c1cccc(OC)c1. The second-order valence-electron chi connectivity index (χ2n) is 3.04. The smallest absolute Gasteiger partial charge is 0.119 e. The Morgan fingerprint density at radius 2 is 2.13 bits per heavy atom. The number of nitrogens with zero attached hydrogens (tertiary/aromatic N) is 1. The van der Waals surface area contributed by atoms with Gasteiger partial charge in [0, 0.05) is 5.56 Å². The summed E-state index contributed by atoms with van der Waals surface area (Å²) in [6.45, 7) is 4.56. The number of ether oxygens (including phenoxy) is 1. The highest BCUT2D eigenvalue weighted by molar-refractivity contribution is 6.00. The standard InChI is InChI=1S/C12H17NO2/c1-4-12(13-15-5-2)10-7-6-8-11(9-10)14-3/h6-9H,4-5H2,1-3H3/b13-12-. The number of benzene rings is 1. The van der Waals surface area contributed by atoms with Crippen LogP contribution in [-0.2, 0) is 4.84 Å². The van der Waals surface area contributed by atoms with Crippen LogP contribution in [0.15, 0.2) is 29.4 Å². The van der Waals surface area contributed by atoms with Gasteiger partial charge in [0.15, 0.2) is 0 Å². The first kappa shape index (κ1) is 11.6. The molecule has 0 aliphatic carbocycles. The molecule has 0 spiro atoms. The highest BCUT2D eigenvalue weighted by Gasteiger charge is 2.03. The molecule has 0 saturated carbocycles. The summed E-state index contributed by atoms with van der Waals surface area (Å²) >= 11 is 0. The fraction of sp³-hybridized carbons (Fsp3) is 0.417. The average molecular weight is 207 g/mol. The van der Waals surface area contributed by atoms with Crippen molar-refractivity contribution in [2.45, 2.75) is 20.3 Å². The molecule has 1 rings (SSSR count). The summed E-state index contributed by atoms with van der Waals surface area (Å²) in [4.78, 5) is 5.06. The van der Waals surface area contributed by atoms with Crippen LogP contribution in [0.3, 0.4) is 0 Å². The van der Waals surface area contributed by atoms with Crippen molar-refractivity contribution >= 4 is 5.71 Å². The third kappa shape index (κ3) is 3.27. The van der Waals surface area contributed by atoms with Crippen LogP contribution in [0.1, 0.15) is 25.8 Å². The molecule has 0 radical (unpaired) electrons. The number of hydrogen-bond donors (Lipinski definition) is 0. The van der Waals surface area contributed by atoms with Gasteiger partial charge in [0.05, 0.1) is 12.8 Å². The molecule has 0 atom stereocenters. The molecule has 1 aromatic rings. The summed E-state index contributed by atoms with van der Waals surface area (Å²) in [6, 6.07) is 7.83. The lowest BCUT2D eigenvalue weighted by Crippen LogP contribution is -2.00. The van der Waals surface area contributed by atoms with Crippen LogP contribution in [0.25, 0.3) is 0 Å². The molecule has 0 N–H and O–H groups in total. The Morgan fingerprint density at radius 3 is 2.73 bits per heavy atom. The quantitative estimate of drug-likeness (QED) is 0.549. The molecule has 1 aromatic carbocycles. The summed E-state index contributed by atoms with van der Waals surface area (Å²) in [7, 11) is 1.66. The van der Waals surface area contributed by atoms with Crippen LogP contribution in [0, 0.1) is 0 Å². The van der Waals surface area contributed by atoms with Crippen LogP contribution in [0.2, 0.25) is 0 Å². The predicted molar refractivity (Wildman–Crippen MR) is 61.4 cm³/mol. The van der Waals surface area contributed by atoms with E-state index in [0.29, 0.717) is 6.61 Å². The fourth-order valence-corrected chi connectivity index (χ4v) is 1.27. The van der Waals surface area contributed by atoms with Crippen LogP contribution >= 0.6 is 0 Å². The molecule has 0 aliphatic rings. The minimum atomic E-state index is 0.591. The van der Waals surface area contributed by atoms with Crippen LogP contribution in [0.4, 0.5) is 0 Å². The van der Waals surface area contributed by atoms with Gasteiger partial charge in [-0.3, -0.25) is 0 Å². The van der Waals surface area contributed by atoms with E-state index in [0.717, 1.165) is 23.4 Å². The zero-order valence-corrected chi connectivity index (χ0v) is 9.49. The van der Waals surface area contributed by atoms with Crippen molar-refractivity contribution in [3.63, 3.8) is 0 Å². The van der Waals surface area contributed by atoms with Gasteiger partial charge in [-0.25, -0.2) is 0 Å². The zero-order chi connectivity index (χ0) is 11.1. The molecule has 0 amide bonds. The first-order chi connectivity index (χ1) is 7.31. The fourth-order valence-electron chi connectivity index (χ4n) is 1.27. The summed E-state index contributed by atoms with van der Waals surface area (Å²) < 4.78 is 5.16. The van der Waals surface area contributed by atoms with E-state index in [1.165, 1.54) is 0 Å². The van der Waals surface area contributed by atoms with E-state index < -0.39 is 0 Å². The Morgan fingerprint density at radius 1 is 1.33 bits per heavy atom. The van der Waals surface area contributed by atoms with E-state index >= 15 is 0 Å². The molecule has 0 bridgehead atoms. The molecule has 3 heteroatoms. The minimum absolute atomic E-state index is 0.591. The first-order valence-corrected chi connectivity index (χ1v) is 5.15. The third-order valence-corrected chi connectivity index (χ3v) is 2.04. The molecule has 3 nitrogen and oxygen atoms in total. The number of methoxy groups -OCH3 is 1. The van der Waals surface area contributed by atoms with Crippen LogP contribution in [-0.4, -0.2) is 19.4 Å². The van der Waals surface area contributed by atoms with Crippen molar-refractivity contribution in [2.75, 3.05) is 13.7 Å². The molecule has 0 fully saturated rings. The molecule has 82 valence electrons. The number of rotatable bonds is 5. The summed E-state index contributed by atoms with van der Waals surface area (Å²) in [5.74, 6) is 0.838. The topological polar surface area (TPSA) is 30.8 Å². The molecule has 15 heavy (non-hydrogen) atoms. The Kier molecular flexibility index (Phi) is 4.68. The molecular weight excluding hydrogens is 190 g/mol. The van der Waals surface area contributed by atoms with Gasteiger partial charge < -0.3 is 9.57 Å². The highest BCUT2D eigenvalue weighted by atomic mass is 16.6. The largest absolute Gasteiger partial charge is 0.497 e. The summed E-state index contributed by atoms with van der Waals surface area (Å²) in [5.41, 5.74) is 1.99. The van der Waals surface area contributed by atoms with Gasteiger partial charge in [-0.2, -0.15) is 0 Å². The van der Waals surface area contributed by atoms with Gasteiger partial charge >= 0.3 is 0 Å². The second kappa shape index (κ2) is 6.06. The normalized spacial score (nSPS) is 11.3. The van der Waals surface area contributed by atoms with E-state index in [2.05, 4.69) is 12.1 Å². The van der Waals surface area contributed by atoms with E-state index in [9.17, 15) is 0 Å².